The van der Waals surface area contributed by atoms with Crippen LogP contribution < -0.4 is 5.32 Å². The molecule has 2 aromatic rings. The molecule has 0 saturated carbocycles. The van der Waals surface area contributed by atoms with Crippen molar-refractivity contribution in [2.75, 3.05) is 44.6 Å². The molecule has 2 aliphatic rings. The van der Waals surface area contributed by atoms with Crippen molar-refractivity contribution in [3.8, 4) is 0 Å². The van der Waals surface area contributed by atoms with Crippen molar-refractivity contribution >= 4 is 28.2 Å². The maximum absolute atomic E-state index is 13.1. The number of rotatable bonds is 7. The summed E-state index contributed by atoms with van der Waals surface area (Å²) in [5, 5.41) is 3.63. The molecule has 172 valence electrons. The van der Waals surface area contributed by atoms with Crippen molar-refractivity contribution in [1.82, 2.24) is 9.80 Å². The molecule has 0 atom stereocenters. The first kappa shape index (κ1) is 22.9. The number of esters is 1. The molecular formula is C24H30FN3O3S. The molecule has 0 bridgehead atoms. The van der Waals surface area contributed by atoms with Crippen LogP contribution in [0.15, 0.2) is 24.3 Å². The smallest absolute Gasteiger partial charge is 0.341 e. The number of aryl methyl sites for hydroxylation is 1. The van der Waals surface area contributed by atoms with Crippen LogP contribution in [0.2, 0.25) is 0 Å². The lowest BCUT2D eigenvalue weighted by Crippen LogP contribution is -2.48. The number of anilines is 1. The standard InChI is InChI=1S/C24H30FN3O3S/c1-2-31-24(30)22-19-5-3-4-6-20(19)32-23(22)26-21(29)16-28-13-11-27(12-14-28)15-17-7-9-18(25)10-8-17/h7-10H,2-6,11-16H2,1H3,(H,26,29). The van der Waals surface area contributed by atoms with Gasteiger partial charge in [-0.25, -0.2) is 9.18 Å². The fraction of sp³-hybridized carbons (Fsp3) is 0.500. The van der Waals surface area contributed by atoms with Crippen molar-refractivity contribution in [2.45, 2.75) is 39.2 Å². The lowest BCUT2D eigenvalue weighted by atomic mass is 9.95. The quantitative estimate of drug-likeness (QED) is 0.640. The van der Waals surface area contributed by atoms with Crippen LogP contribution in [0.25, 0.3) is 0 Å². The molecule has 1 aliphatic carbocycles. The van der Waals surface area contributed by atoms with Crippen LogP contribution in [0.1, 0.15) is 46.1 Å². The molecular weight excluding hydrogens is 429 g/mol. The Bertz CT molecular complexity index is 952. The number of hydrogen-bond acceptors (Lipinski definition) is 6. The molecule has 0 radical (unpaired) electrons. The minimum atomic E-state index is -0.336. The highest BCUT2D eigenvalue weighted by Crippen LogP contribution is 2.38. The lowest BCUT2D eigenvalue weighted by Gasteiger charge is -2.34. The van der Waals surface area contributed by atoms with Crippen molar-refractivity contribution in [1.29, 1.82) is 0 Å². The predicted octanol–water partition coefficient (Wildman–Crippen LogP) is 3.70. The summed E-state index contributed by atoms with van der Waals surface area (Å²) in [6, 6.07) is 6.61. The summed E-state index contributed by atoms with van der Waals surface area (Å²) in [4.78, 5) is 31.0. The van der Waals surface area contributed by atoms with Crippen LogP contribution in [0.5, 0.6) is 0 Å². The van der Waals surface area contributed by atoms with E-state index < -0.39 is 0 Å². The van der Waals surface area contributed by atoms with Gasteiger partial charge in [-0.3, -0.25) is 14.6 Å². The summed E-state index contributed by atoms with van der Waals surface area (Å²) in [6.45, 7) is 6.49. The second-order valence-electron chi connectivity index (χ2n) is 8.36. The number of carbonyl (C=O) groups is 2. The molecule has 8 heteroatoms. The average Bonchev–Trinajstić information content (AvgIpc) is 3.14. The van der Waals surface area contributed by atoms with Crippen LogP contribution in [0, 0.1) is 5.82 Å². The van der Waals surface area contributed by atoms with Gasteiger partial charge in [-0.15, -0.1) is 11.3 Å². The second kappa shape index (κ2) is 10.6. The number of hydrogen-bond donors (Lipinski definition) is 1. The van der Waals surface area contributed by atoms with Crippen molar-refractivity contribution in [2.24, 2.45) is 0 Å². The molecule has 32 heavy (non-hydrogen) atoms. The Morgan fingerprint density at radius 3 is 2.47 bits per heavy atom. The summed E-state index contributed by atoms with van der Waals surface area (Å²) in [5.74, 6) is -0.653. The van der Waals surface area contributed by atoms with E-state index in [-0.39, 0.29) is 17.7 Å². The molecule has 6 nitrogen and oxygen atoms in total. The zero-order valence-corrected chi connectivity index (χ0v) is 19.3. The molecule has 1 aromatic heterocycles. The number of nitrogens with one attached hydrogen (secondary N) is 1. The maximum atomic E-state index is 13.1. The monoisotopic (exact) mass is 459 g/mol. The molecule has 2 heterocycles. The number of benzene rings is 1. The molecule has 1 aromatic carbocycles. The number of carbonyl (C=O) groups excluding carboxylic acids is 2. The van der Waals surface area contributed by atoms with Crippen LogP contribution >= 0.6 is 11.3 Å². The molecule has 1 amide bonds. The number of fused-ring (bicyclic) bond motifs is 1. The molecule has 4 rings (SSSR count). The summed E-state index contributed by atoms with van der Waals surface area (Å²) >= 11 is 1.52. The van der Waals surface area contributed by atoms with Gasteiger partial charge in [0.15, 0.2) is 0 Å². The van der Waals surface area contributed by atoms with Gasteiger partial charge in [0.05, 0.1) is 18.7 Å². The van der Waals surface area contributed by atoms with E-state index in [9.17, 15) is 14.0 Å². The zero-order valence-electron chi connectivity index (χ0n) is 18.5. The molecule has 0 spiro atoms. The number of thiophene rings is 1. The fourth-order valence-corrected chi connectivity index (χ4v) is 5.69. The summed E-state index contributed by atoms with van der Waals surface area (Å²) in [5.41, 5.74) is 2.71. The normalized spacial score (nSPS) is 17.1. The van der Waals surface area contributed by atoms with Gasteiger partial charge in [-0.05, 0) is 55.9 Å². The third-order valence-electron chi connectivity index (χ3n) is 6.06. The molecule has 1 saturated heterocycles. The summed E-state index contributed by atoms with van der Waals surface area (Å²) in [7, 11) is 0. The van der Waals surface area contributed by atoms with Crippen molar-refractivity contribution in [3.05, 3.63) is 51.7 Å². The van der Waals surface area contributed by atoms with Crippen LogP contribution in [0.3, 0.4) is 0 Å². The molecule has 0 unspecified atom stereocenters. The zero-order chi connectivity index (χ0) is 22.5. The Kier molecular flexibility index (Phi) is 7.55. The number of piperazine rings is 1. The Hall–Kier alpha value is -2.29. The Balaban J connectivity index is 1.32. The second-order valence-corrected chi connectivity index (χ2v) is 9.47. The van der Waals surface area contributed by atoms with Crippen LogP contribution in [-0.4, -0.2) is 61.0 Å². The number of halogens is 1. The van der Waals surface area contributed by atoms with Gasteiger partial charge < -0.3 is 10.1 Å². The Morgan fingerprint density at radius 2 is 1.75 bits per heavy atom. The highest BCUT2D eigenvalue weighted by atomic mass is 32.1. The minimum absolute atomic E-state index is 0.0962. The maximum Gasteiger partial charge on any atom is 0.341 e. The van der Waals surface area contributed by atoms with Gasteiger partial charge >= 0.3 is 5.97 Å². The lowest BCUT2D eigenvalue weighted by molar-refractivity contribution is -0.117. The summed E-state index contributed by atoms with van der Waals surface area (Å²) < 4.78 is 18.4. The van der Waals surface area contributed by atoms with Crippen LogP contribution in [0.4, 0.5) is 9.39 Å². The first-order chi connectivity index (χ1) is 15.5. The van der Waals surface area contributed by atoms with E-state index in [1.165, 1.54) is 28.3 Å². The summed E-state index contributed by atoms with van der Waals surface area (Å²) in [6.07, 6.45) is 4.00. The largest absolute Gasteiger partial charge is 0.462 e. The number of ether oxygens (including phenoxy) is 1. The highest BCUT2D eigenvalue weighted by molar-refractivity contribution is 7.17. The van der Waals surface area contributed by atoms with E-state index in [4.69, 9.17) is 4.74 Å². The van der Waals surface area contributed by atoms with E-state index in [0.29, 0.717) is 23.7 Å². The van der Waals surface area contributed by atoms with E-state index in [1.807, 2.05) is 12.1 Å². The SMILES string of the molecule is CCOC(=O)c1c(NC(=O)CN2CCN(Cc3ccc(F)cc3)CC2)sc2c1CCCC2. The van der Waals surface area contributed by atoms with Gasteiger partial charge in [0.2, 0.25) is 5.91 Å². The molecule has 1 N–H and O–H groups in total. The van der Waals surface area contributed by atoms with Crippen molar-refractivity contribution < 1.29 is 18.7 Å². The number of nitrogens with zero attached hydrogens (tertiary/aromatic N) is 2. The molecule has 1 aliphatic heterocycles. The predicted molar refractivity (Wildman–Crippen MR) is 124 cm³/mol. The van der Waals surface area contributed by atoms with E-state index in [2.05, 4.69) is 15.1 Å². The topological polar surface area (TPSA) is 61.9 Å². The number of amides is 1. The first-order valence-electron chi connectivity index (χ1n) is 11.3. The van der Waals surface area contributed by atoms with E-state index in [1.54, 1.807) is 6.92 Å². The molecule has 1 fully saturated rings. The minimum Gasteiger partial charge on any atom is -0.462 e. The Morgan fingerprint density at radius 1 is 1.06 bits per heavy atom. The highest BCUT2D eigenvalue weighted by Gasteiger charge is 2.28. The fourth-order valence-electron chi connectivity index (χ4n) is 4.40. The van der Waals surface area contributed by atoms with Gasteiger partial charge in [0.25, 0.3) is 0 Å². The average molecular weight is 460 g/mol. The third kappa shape index (κ3) is 5.54. The van der Waals surface area contributed by atoms with E-state index >= 15 is 0 Å². The van der Waals surface area contributed by atoms with Crippen molar-refractivity contribution in [3.63, 3.8) is 0 Å². The van der Waals surface area contributed by atoms with Gasteiger partial charge in [-0.1, -0.05) is 12.1 Å². The van der Waals surface area contributed by atoms with Crippen LogP contribution in [-0.2, 0) is 28.9 Å². The third-order valence-corrected chi connectivity index (χ3v) is 7.26. The van der Waals surface area contributed by atoms with E-state index in [0.717, 1.165) is 69.5 Å². The van der Waals surface area contributed by atoms with Gasteiger partial charge in [0, 0.05) is 37.6 Å². The van der Waals surface area contributed by atoms with Gasteiger partial charge in [-0.2, -0.15) is 0 Å². The Labute approximate surface area is 192 Å². The first-order valence-corrected chi connectivity index (χ1v) is 12.2. The van der Waals surface area contributed by atoms with Gasteiger partial charge in [0.1, 0.15) is 10.8 Å².